The van der Waals surface area contributed by atoms with Crippen molar-refractivity contribution in [2.24, 2.45) is 0 Å². The molecule has 0 spiro atoms. The first kappa shape index (κ1) is 57.6. The fraction of sp³-hybridized carbons (Fsp3) is 0.778. The van der Waals surface area contributed by atoms with Crippen LogP contribution in [-0.4, -0.2) is 46.9 Å². The van der Waals surface area contributed by atoms with Crippen molar-refractivity contribution in [3.8, 4) is 0 Å². The van der Waals surface area contributed by atoms with Crippen molar-refractivity contribution in [2.75, 3.05) is 6.61 Å². The average molecular weight is 840 g/mol. The zero-order valence-corrected chi connectivity index (χ0v) is 39.6. The van der Waals surface area contributed by atoms with Crippen molar-refractivity contribution in [2.45, 2.75) is 264 Å². The first-order chi connectivity index (χ1) is 29.5. The molecule has 3 atom stereocenters. The summed E-state index contributed by atoms with van der Waals surface area (Å²) in [4.78, 5) is 26.1. The van der Waals surface area contributed by atoms with Crippen LogP contribution in [0.4, 0.5) is 0 Å². The van der Waals surface area contributed by atoms with E-state index in [0.717, 1.165) is 70.6 Å². The molecule has 0 saturated carbocycles. The molecule has 0 aliphatic carbocycles. The first-order valence-electron chi connectivity index (χ1n) is 25.5. The third-order valence-corrected chi connectivity index (χ3v) is 11.4. The van der Waals surface area contributed by atoms with Crippen molar-refractivity contribution in [3.63, 3.8) is 0 Å². The molecule has 3 unspecified atom stereocenters. The van der Waals surface area contributed by atoms with Gasteiger partial charge in [0.15, 0.2) is 0 Å². The molecule has 0 heterocycles. The van der Waals surface area contributed by atoms with Gasteiger partial charge < -0.3 is 20.3 Å². The van der Waals surface area contributed by atoms with Crippen LogP contribution in [0.2, 0.25) is 0 Å². The van der Waals surface area contributed by atoms with Gasteiger partial charge in [0.1, 0.15) is 6.10 Å². The number of ether oxygens (including phenoxy) is 1. The molecular weight excluding hydrogens is 743 g/mol. The van der Waals surface area contributed by atoms with Gasteiger partial charge in [0, 0.05) is 12.8 Å². The molecular formula is C54H97NO5. The molecule has 0 aromatic rings. The minimum atomic E-state index is -0.810. The van der Waals surface area contributed by atoms with Gasteiger partial charge in [0.25, 0.3) is 0 Å². The van der Waals surface area contributed by atoms with E-state index in [1.807, 2.05) is 12.2 Å². The van der Waals surface area contributed by atoms with Crippen LogP contribution >= 0.6 is 0 Å². The Labute approximate surface area is 371 Å². The highest BCUT2D eigenvalue weighted by atomic mass is 16.5. The molecule has 0 rings (SSSR count). The van der Waals surface area contributed by atoms with Crippen LogP contribution in [0.25, 0.3) is 0 Å². The van der Waals surface area contributed by atoms with Gasteiger partial charge in [-0.15, -0.1) is 0 Å². The lowest BCUT2D eigenvalue weighted by Crippen LogP contribution is -2.46. The van der Waals surface area contributed by atoms with Gasteiger partial charge in [0.05, 0.1) is 25.2 Å². The molecule has 0 saturated heterocycles. The molecule has 0 aliphatic rings. The zero-order valence-electron chi connectivity index (χ0n) is 39.6. The summed E-state index contributed by atoms with van der Waals surface area (Å²) in [6, 6.07) is -0.730. The van der Waals surface area contributed by atoms with Crippen molar-refractivity contribution in [1.29, 1.82) is 0 Å². The molecule has 6 heteroatoms. The molecule has 0 aliphatic heterocycles. The van der Waals surface area contributed by atoms with Crippen molar-refractivity contribution >= 4 is 11.9 Å². The molecule has 0 aromatic heterocycles. The largest absolute Gasteiger partial charge is 0.461 e. The summed E-state index contributed by atoms with van der Waals surface area (Å²) in [5.41, 5.74) is 0. The van der Waals surface area contributed by atoms with Gasteiger partial charge in [-0.25, -0.2) is 0 Å². The lowest BCUT2D eigenvalue weighted by Gasteiger charge is -2.24. The van der Waals surface area contributed by atoms with Gasteiger partial charge in [-0.3, -0.25) is 9.59 Å². The molecule has 0 radical (unpaired) electrons. The van der Waals surface area contributed by atoms with E-state index in [4.69, 9.17) is 4.74 Å². The highest BCUT2D eigenvalue weighted by Gasteiger charge is 2.23. The molecule has 60 heavy (non-hydrogen) atoms. The molecule has 0 fully saturated rings. The van der Waals surface area contributed by atoms with E-state index in [9.17, 15) is 19.8 Å². The molecule has 6 nitrogen and oxygen atoms in total. The Morgan fingerprint density at radius 1 is 0.500 bits per heavy atom. The maximum absolute atomic E-state index is 13.2. The van der Waals surface area contributed by atoms with Crippen LogP contribution in [-0.2, 0) is 14.3 Å². The monoisotopic (exact) mass is 840 g/mol. The number of carbonyl (C=O) groups is 2. The zero-order chi connectivity index (χ0) is 43.8. The average Bonchev–Trinajstić information content (AvgIpc) is 3.24. The van der Waals surface area contributed by atoms with Gasteiger partial charge in [-0.2, -0.15) is 0 Å². The van der Waals surface area contributed by atoms with Crippen LogP contribution in [0.3, 0.4) is 0 Å². The number of aliphatic hydroxyl groups is 2. The third kappa shape index (κ3) is 42.3. The number of unbranched alkanes of at least 4 members (excludes halogenated alkanes) is 24. The second-order valence-electron chi connectivity index (χ2n) is 17.2. The Balaban J connectivity index is 4.69. The van der Waals surface area contributed by atoms with Crippen molar-refractivity contribution in [1.82, 2.24) is 5.32 Å². The topological polar surface area (TPSA) is 95.9 Å². The summed E-state index contributed by atoms with van der Waals surface area (Å²) in [5.74, 6) is -0.575. The van der Waals surface area contributed by atoms with Gasteiger partial charge in [-0.05, 0) is 44.9 Å². The molecule has 0 bridgehead atoms. The fourth-order valence-electron chi connectivity index (χ4n) is 7.51. The second kappa shape index (κ2) is 47.6. The predicted octanol–water partition coefficient (Wildman–Crippen LogP) is 15.2. The van der Waals surface area contributed by atoms with E-state index in [2.05, 4.69) is 74.7 Å². The van der Waals surface area contributed by atoms with Crippen molar-refractivity contribution < 1.29 is 24.5 Å². The number of carbonyl (C=O) groups excluding carboxylic acids is 2. The van der Waals surface area contributed by atoms with E-state index < -0.39 is 18.2 Å². The number of hydrogen-bond acceptors (Lipinski definition) is 5. The Morgan fingerprint density at radius 3 is 1.27 bits per heavy atom. The number of amides is 1. The number of hydrogen-bond donors (Lipinski definition) is 3. The number of aliphatic hydroxyl groups excluding tert-OH is 2. The quantitative estimate of drug-likeness (QED) is 0.0322. The van der Waals surface area contributed by atoms with Crippen LogP contribution in [0.1, 0.15) is 245 Å². The molecule has 3 N–H and O–H groups in total. The first-order valence-corrected chi connectivity index (χ1v) is 25.5. The maximum atomic E-state index is 13.2. The van der Waals surface area contributed by atoms with Gasteiger partial charge in [0.2, 0.25) is 5.91 Å². The van der Waals surface area contributed by atoms with E-state index in [1.165, 1.54) is 128 Å². The van der Waals surface area contributed by atoms with E-state index in [-0.39, 0.29) is 24.9 Å². The van der Waals surface area contributed by atoms with Gasteiger partial charge >= 0.3 is 5.97 Å². The van der Waals surface area contributed by atoms with Gasteiger partial charge in [-0.1, -0.05) is 242 Å². The Kier molecular flexibility index (Phi) is 45.7. The summed E-state index contributed by atoms with van der Waals surface area (Å²) >= 11 is 0. The summed E-state index contributed by atoms with van der Waals surface area (Å²) in [6.07, 6.45) is 58.7. The van der Waals surface area contributed by atoms with Crippen LogP contribution < -0.4 is 5.32 Å². The Bertz CT molecular complexity index is 1080. The van der Waals surface area contributed by atoms with E-state index in [1.54, 1.807) is 0 Å². The molecule has 348 valence electrons. The smallest absolute Gasteiger partial charge is 0.306 e. The number of allylic oxidation sites excluding steroid dienone is 9. The minimum Gasteiger partial charge on any atom is -0.461 e. The Morgan fingerprint density at radius 2 is 0.867 bits per heavy atom. The highest BCUT2D eigenvalue weighted by Crippen LogP contribution is 2.17. The SMILES string of the molecule is CC/C=C\C/C=C\C/C=C\C/C=C\C/C=C\CC(CC(=O)NC(CO)C(O)CCCCCCCCCCCC)OC(=O)CCCCCCCCCCCCCCCCCC. The minimum absolute atomic E-state index is 0.000482. The lowest BCUT2D eigenvalue weighted by molar-refractivity contribution is -0.150. The number of rotatable bonds is 45. The maximum Gasteiger partial charge on any atom is 0.306 e. The fourth-order valence-corrected chi connectivity index (χ4v) is 7.51. The van der Waals surface area contributed by atoms with E-state index in [0.29, 0.717) is 19.3 Å². The highest BCUT2D eigenvalue weighted by molar-refractivity contribution is 5.77. The van der Waals surface area contributed by atoms with Crippen molar-refractivity contribution in [3.05, 3.63) is 60.8 Å². The van der Waals surface area contributed by atoms with Crippen LogP contribution in [0, 0.1) is 0 Å². The lowest BCUT2D eigenvalue weighted by atomic mass is 10.0. The predicted molar refractivity (Wildman–Crippen MR) is 259 cm³/mol. The molecule has 1 amide bonds. The molecule has 0 aromatic carbocycles. The standard InChI is InChI=1S/C54H97NO5/c1-4-7-10-13-16-19-22-24-26-28-30-32-35-38-41-44-47-54(59)60-50(45-42-39-36-33-31-29-27-25-23-20-17-14-11-8-5-2)48-53(58)55-51(49-56)52(57)46-43-40-37-34-21-18-15-12-9-6-3/h8,11,17,20,25,27,31,33,39,42,50-52,56-57H,4-7,9-10,12-16,18-19,21-24,26,28-30,32,34-38,40-41,43-49H2,1-3H3,(H,55,58)/b11-8-,20-17-,27-25-,33-31-,42-39-. The van der Waals surface area contributed by atoms with E-state index >= 15 is 0 Å². The Hall–Kier alpha value is -2.44. The number of nitrogens with one attached hydrogen (secondary N) is 1. The summed E-state index contributed by atoms with van der Waals surface area (Å²) in [6.45, 7) is 6.33. The van der Waals surface area contributed by atoms with Crippen LogP contribution in [0.15, 0.2) is 60.8 Å². The van der Waals surface area contributed by atoms with Crippen LogP contribution in [0.5, 0.6) is 0 Å². The second-order valence-corrected chi connectivity index (χ2v) is 17.2. The summed E-state index contributed by atoms with van der Waals surface area (Å²) in [5, 5.41) is 23.6. The third-order valence-electron chi connectivity index (χ3n) is 11.4. The summed E-state index contributed by atoms with van der Waals surface area (Å²) in [7, 11) is 0. The summed E-state index contributed by atoms with van der Waals surface area (Å²) < 4.78 is 5.87. The number of esters is 1. The normalized spacial score (nSPS) is 13.8.